The first-order valence-corrected chi connectivity index (χ1v) is 7.80. The zero-order valence-corrected chi connectivity index (χ0v) is 12.8. The minimum atomic E-state index is 0.0759. The van der Waals surface area contributed by atoms with E-state index >= 15 is 0 Å². The summed E-state index contributed by atoms with van der Waals surface area (Å²) in [6, 6.07) is 3.74. The molecule has 3 rings (SSSR count). The van der Waals surface area contributed by atoms with E-state index in [4.69, 9.17) is 4.74 Å². The van der Waals surface area contributed by atoms with Gasteiger partial charge in [-0.05, 0) is 38.8 Å². The fourth-order valence-corrected chi connectivity index (χ4v) is 3.26. The minimum absolute atomic E-state index is 0.0759. The predicted molar refractivity (Wildman–Crippen MR) is 81.6 cm³/mol. The maximum absolute atomic E-state index is 12.9. The lowest BCUT2D eigenvalue weighted by atomic mass is 10.1. The van der Waals surface area contributed by atoms with Crippen molar-refractivity contribution in [1.82, 2.24) is 9.88 Å². The quantitative estimate of drug-likeness (QED) is 0.834. The Bertz CT molecular complexity index is 504. The molecule has 2 unspecified atom stereocenters. The molecule has 21 heavy (non-hydrogen) atoms. The summed E-state index contributed by atoms with van der Waals surface area (Å²) in [6.07, 6.45) is 4.30. The van der Waals surface area contributed by atoms with Crippen LogP contribution in [-0.4, -0.2) is 54.2 Å². The molecule has 0 bridgehead atoms. The molecule has 5 heteroatoms. The second-order valence-corrected chi connectivity index (χ2v) is 6.04. The Balaban J connectivity index is 1.84. The molecule has 2 fully saturated rings. The summed E-state index contributed by atoms with van der Waals surface area (Å²) < 4.78 is 5.71. The highest BCUT2D eigenvalue weighted by molar-refractivity contribution is 5.99. The second kappa shape index (κ2) is 6.02. The molecule has 2 aliphatic rings. The molecule has 0 spiro atoms. The van der Waals surface area contributed by atoms with Crippen molar-refractivity contribution in [2.75, 3.05) is 31.1 Å². The fraction of sp³-hybridized carbons (Fsp3) is 0.625. The summed E-state index contributed by atoms with van der Waals surface area (Å²) in [5.74, 6) is 0.916. The van der Waals surface area contributed by atoms with Gasteiger partial charge in [-0.3, -0.25) is 4.79 Å². The molecule has 0 aromatic carbocycles. The molecule has 5 nitrogen and oxygen atoms in total. The zero-order valence-electron chi connectivity index (χ0n) is 12.8. The van der Waals surface area contributed by atoms with Crippen molar-refractivity contribution in [1.29, 1.82) is 0 Å². The lowest BCUT2D eigenvalue weighted by molar-refractivity contribution is -0.0586. The highest BCUT2D eigenvalue weighted by Crippen LogP contribution is 2.24. The van der Waals surface area contributed by atoms with E-state index in [2.05, 4.69) is 9.88 Å². The molecule has 1 aromatic heterocycles. The number of nitrogens with zero attached hydrogens (tertiary/aromatic N) is 3. The van der Waals surface area contributed by atoms with Gasteiger partial charge >= 0.3 is 0 Å². The minimum Gasteiger partial charge on any atom is -0.372 e. The Morgan fingerprint density at radius 2 is 1.90 bits per heavy atom. The van der Waals surface area contributed by atoms with Crippen LogP contribution < -0.4 is 4.90 Å². The molecule has 2 atom stereocenters. The molecule has 0 N–H and O–H groups in total. The first kappa shape index (κ1) is 14.3. The Kier molecular flexibility index (Phi) is 4.10. The number of morpholine rings is 1. The Morgan fingerprint density at radius 3 is 2.57 bits per heavy atom. The van der Waals surface area contributed by atoms with Crippen LogP contribution in [0, 0.1) is 0 Å². The van der Waals surface area contributed by atoms with Crippen LogP contribution in [0.2, 0.25) is 0 Å². The second-order valence-electron chi connectivity index (χ2n) is 6.04. The molecule has 2 saturated heterocycles. The van der Waals surface area contributed by atoms with E-state index in [9.17, 15) is 4.79 Å². The smallest absolute Gasteiger partial charge is 0.257 e. The van der Waals surface area contributed by atoms with Gasteiger partial charge in [-0.25, -0.2) is 4.98 Å². The van der Waals surface area contributed by atoms with Crippen LogP contribution in [0.3, 0.4) is 0 Å². The summed E-state index contributed by atoms with van der Waals surface area (Å²) >= 11 is 0. The number of carbonyl (C=O) groups excluding carboxylic acids is 1. The van der Waals surface area contributed by atoms with E-state index in [1.54, 1.807) is 6.20 Å². The van der Waals surface area contributed by atoms with E-state index in [0.717, 1.165) is 24.5 Å². The molecule has 1 amide bonds. The largest absolute Gasteiger partial charge is 0.372 e. The van der Waals surface area contributed by atoms with Crippen LogP contribution in [0.15, 0.2) is 18.3 Å². The molecule has 3 heterocycles. The molecule has 0 saturated carbocycles. The Morgan fingerprint density at radius 1 is 1.24 bits per heavy atom. The van der Waals surface area contributed by atoms with Gasteiger partial charge in [0.1, 0.15) is 5.82 Å². The third kappa shape index (κ3) is 3.02. The number of anilines is 1. The van der Waals surface area contributed by atoms with Gasteiger partial charge in [-0.2, -0.15) is 0 Å². The van der Waals surface area contributed by atoms with E-state index in [1.807, 2.05) is 30.9 Å². The zero-order chi connectivity index (χ0) is 14.8. The SMILES string of the molecule is CC1CN(C(=O)c2cccnc2N2CCCC2)CC(C)O1. The molecular formula is C16H23N3O2. The Hall–Kier alpha value is -1.62. The predicted octanol–water partition coefficient (Wildman–Crippen LogP) is 1.93. The third-order valence-corrected chi connectivity index (χ3v) is 4.13. The third-order valence-electron chi connectivity index (χ3n) is 4.13. The topological polar surface area (TPSA) is 45.7 Å². The van der Waals surface area contributed by atoms with Crippen molar-refractivity contribution in [2.45, 2.75) is 38.9 Å². The van der Waals surface area contributed by atoms with E-state index in [-0.39, 0.29) is 18.1 Å². The van der Waals surface area contributed by atoms with Gasteiger partial charge in [0.15, 0.2) is 0 Å². The summed E-state index contributed by atoms with van der Waals surface area (Å²) in [6.45, 7) is 7.32. The fourth-order valence-electron chi connectivity index (χ4n) is 3.26. The number of amides is 1. The van der Waals surface area contributed by atoms with Crippen molar-refractivity contribution in [3.8, 4) is 0 Å². The Labute approximate surface area is 125 Å². The lowest BCUT2D eigenvalue weighted by Crippen LogP contribution is -2.48. The van der Waals surface area contributed by atoms with E-state index < -0.39 is 0 Å². The maximum atomic E-state index is 12.9. The highest BCUT2D eigenvalue weighted by Gasteiger charge is 2.29. The molecule has 0 radical (unpaired) electrons. The van der Waals surface area contributed by atoms with Gasteiger partial charge in [0.25, 0.3) is 5.91 Å². The summed E-state index contributed by atoms with van der Waals surface area (Å²) in [5, 5.41) is 0. The van der Waals surface area contributed by atoms with Gasteiger partial charge in [0.05, 0.1) is 17.8 Å². The molecule has 2 aliphatic heterocycles. The van der Waals surface area contributed by atoms with Gasteiger partial charge in [-0.15, -0.1) is 0 Å². The normalized spacial score (nSPS) is 26.2. The summed E-state index contributed by atoms with van der Waals surface area (Å²) in [7, 11) is 0. The number of pyridine rings is 1. The van der Waals surface area contributed by atoms with Crippen LogP contribution in [-0.2, 0) is 4.74 Å². The summed E-state index contributed by atoms with van der Waals surface area (Å²) in [4.78, 5) is 21.5. The van der Waals surface area contributed by atoms with E-state index in [1.165, 1.54) is 12.8 Å². The van der Waals surface area contributed by atoms with Gasteiger partial charge in [0.2, 0.25) is 0 Å². The van der Waals surface area contributed by atoms with Crippen LogP contribution in [0.5, 0.6) is 0 Å². The van der Waals surface area contributed by atoms with Crippen LogP contribution >= 0.6 is 0 Å². The van der Waals surface area contributed by atoms with Crippen LogP contribution in [0.25, 0.3) is 0 Å². The molecular weight excluding hydrogens is 266 g/mol. The number of hydrogen-bond donors (Lipinski definition) is 0. The summed E-state index contributed by atoms with van der Waals surface area (Å²) in [5.41, 5.74) is 0.723. The highest BCUT2D eigenvalue weighted by atomic mass is 16.5. The van der Waals surface area contributed by atoms with Gasteiger partial charge in [0, 0.05) is 32.4 Å². The first-order valence-electron chi connectivity index (χ1n) is 7.80. The maximum Gasteiger partial charge on any atom is 0.257 e. The van der Waals surface area contributed by atoms with E-state index in [0.29, 0.717) is 13.1 Å². The average molecular weight is 289 g/mol. The first-order chi connectivity index (χ1) is 10.1. The number of aromatic nitrogens is 1. The molecule has 0 aliphatic carbocycles. The molecule has 1 aromatic rings. The van der Waals surface area contributed by atoms with Crippen molar-refractivity contribution in [3.63, 3.8) is 0 Å². The van der Waals surface area contributed by atoms with Crippen molar-refractivity contribution >= 4 is 11.7 Å². The van der Waals surface area contributed by atoms with Gasteiger partial charge in [-0.1, -0.05) is 0 Å². The number of carbonyl (C=O) groups is 1. The van der Waals surface area contributed by atoms with Crippen molar-refractivity contribution < 1.29 is 9.53 Å². The number of hydrogen-bond acceptors (Lipinski definition) is 4. The van der Waals surface area contributed by atoms with Crippen molar-refractivity contribution in [3.05, 3.63) is 23.9 Å². The van der Waals surface area contributed by atoms with Crippen LogP contribution in [0.4, 0.5) is 5.82 Å². The molecule has 114 valence electrons. The standard InChI is InChI=1S/C16H23N3O2/c1-12-10-19(11-13(2)21-12)16(20)14-6-5-7-17-15(14)18-8-3-4-9-18/h5-7,12-13H,3-4,8-11H2,1-2H3. The van der Waals surface area contributed by atoms with Crippen molar-refractivity contribution in [2.24, 2.45) is 0 Å². The average Bonchev–Trinajstić information content (AvgIpc) is 2.99. The number of rotatable bonds is 2. The lowest BCUT2D eigenvalue weighted by Gasteiger charge is -2.35. The van der Waals surface area contributed by atoms with Gasteiger partial charge < -0.3 is 14.5 Å². The number of ether oxygens (including phenoxy) is 1. The monoisotopic (exact) mass is 289 g/mol. The van der Waals surface area contributed by atoms with Crippen LogP contribution in [0.1, 0.15) is 37.0 Å².